The summed E-state index contributed by atoms with van der Waals surface area (Å²) in [5, 5.41) is 6.72. The maximum absolute atomic E-state index is 12.5. The smallest absolute Gasteiger partial charge is 0.333 e. The molecule has 0 spiro atoms. The number of methoxy groups -OCH3 is 1. The molecule has 120 valence electrons. The van der Waals surface area contributed by atoms with Gasteiger partial charge in [-0.15, -0.1) is 0 Å². The van der Waals surface area contributed by atoms with E-state index in [2.05, 4.69) is 15.4 Å². The summed E-state index contributed by atoms with van der Waals surface area (Å²) in [6, 6.07) is 4.53. The first-order valence-corrected chi connectivity index (χ1v) is 7.46. The normalized spacial score (nSPS) is 11.2. The Balaban J connectivity index is 1.84. The maximum atomic E-state index is 12.5. The summed E-state index contributed by atoms with van der Waals surface area (Å²) in [5.74, 6) is -0.127. The predicted octanol–water partition coefficient (Wildman–Crippen LogP) is 3.80. The van der Waals surface area contributed by atoms with Gasteiger partial charge in [0.1, 0.15) is 5.75 Å². The number of hydrogen-bond acceptors (Lipinski definition) is 5. The van der Waals surface area contributed by atoms with Crippen molar-refractivity contribution in [2.24, 2.45) is 0 Å². The van der Waals surface area contributed by atoms with E-state index in [9.17, 15) is 13.6 Å². The van der Waals surface area contributed by atoms with Crippen LogP contribution < -0.4 is 10.1 Å². The number of amides is 1. The highest BCUT2D eigenvalue weighted by Crippen LogP contribution is 2.34. The van der Waals surface area contributed by atoms with Gasteiger partial charge in [0.15, 0.2) is 10.8 Å². The number of hydrogen-bond donors (Lipinski definition) is 1. The molecule has 0 aliphatic carbocycles. The number of carbonyl (C=O) groups is 1. The van der Waals surface area contributed by atoms with E-state index >= 15 is 0 Å². The molecule has 3 rings (SSSR count). The van der Waals surface area contributed by atoms with Gasteiger partial charge in [-0.05, 0) is 12.1 Å². The largest absolute Gasteiger partial charge is 0.495 e. The number of nitrogens with zero attached hydrogens (tertiary/aromatic N) is 3. The fourth-order valence-electron chi connectivity index (χ4n) is 1.87. The number of nitrogens with one attached hydrogen (secondary N) is 1. The molecule has 0 saturated heterocycles. The van der Waals surface area contributed by atoms with Gasteiger partial charge in [0.2, 0.25) is 0 Å². The van der Waals surface area contributed by atoms with E-state index in [4.69, 9.17) is 16.3 Å². The van der Waals surface area contributed by atoms with Crippen molar-refractivity contribution in [1.29, 1.82) is 0 Å². The van der Waals surface area contributed by atoms with Crippen molar-refractivity contribution in [1.82, 2.24) is 14.8 Å². The Bertz CT molecular complexity index is 880. The van der Waals surface area contributed by atoms with Crippen molar-refractivity contribution in [3.63, 3.8) is 0 Å². The Morgan fingerprint density at radius 3 is 2.91 bits per heavy atom. The third kappa shape index (κ3) is 3.10. The minimum Gasteiger partial charge on any atom is -0.495 e. The molecule has 6 nitrogen and oxygen atoms in total. The summed E-state index contributed by atoms with van der Waals surface area (Å²) in [6.45, 7) is -2.80. The van der Waals surface area contributed by atoms with Gasteiger partial charge in [0.25, 0.3) is 5.91 Å². The molecule has 1 aromatic carbocycles. The molecule has 2 aromatic heterocycles. The molecule has 0 unspecified atom stereocenters. The number of alkyl halides is 2. The van der Waals surface area contributed by atoms with Crippen molar-refractivity contribution >= 4 is 44.2 Å². The maximum Gasteiger partial charge on any atom is 0.333 e. The van der Waals surface area contributed by atoms with E-state index in [1.54, 1.807) is 12.1 Å². The van der Waals surface area contributed by atoms with Crippen LogP contribution in [0.2, 0.25) is 5.02 Å². The van der Waals surface area contributed by atoms with Crippen LogP contribution in [0, 0.1) is 0 Å². The third-order valence-corrected chi connectivity index (χ3v) is 4.15. The Morgan fingerprint density at radius 1 is 1.48 bits per heavy atom. The van der Waals surface area contributed by atoms with Crippen LogP contribution in [-0.2, 0) is 0 Å². The summed E-state index contributed by atoms with van der Waals surface area (Å²) in [6.07, 6.45) is 1.03. The lowest BCUT2D eigenvalue weighted by molar-refractivity contribution is 0.0561. The second-order valence-corrected chi connectivity index (χ2v) is 5.82. The first-order chi connectivity index (χ1) is 11.0. The molecule has 2 heterocycles. The summed E-state index contributed by atoms with van der Waals surface area (Å²) in [7, 11) is 1.50. The topological polar surface area (TPSA) is 69.0 Å². The number of halogens is 3. The van der Waals surface area contributed by atoms with Crippen LogP contribution in [0.1, 0.15) is 17.0 Å². The van der Waals surface area contributed by atoms with Crippen molar-refractivity contribution in [2.45, 2.75) is 6.55 Å². The molecule has 0 aliphatic heterocycles. The summed E-state index contributed by atoms with van der Waals surface area (Å²) in [5.41, 5.74) is 0.467. The van der Waals surface area contributed by atoms with E-state index in [-0.39, 0.29) is 5.69 Å². The number of rotatable bonds is 4. The van der Waals surface area contributed by atoms with Crippen LogP contribution in [-0.4, -0.2) is 27.8 Å². The van der Waals surface area contributed by atoms with Crippen LogP contribution >= 0.6 is 22.9 Å². The van der Waals surface area contributed by atoms with E-state index in [0.717, 1.165) is 10.9 Å². The minimum absolute atomic E-state index is 0.125. The number of fused-ring (bicyclic) bond motifs is 1. The van der Waals surface area contributed by atoms with Crippen LogP contribution in [0.15, 0.2) is 24.4 Å². The fraction of sp³-hybridized carbons (Fsp3) is 0.154. The highest BCUT2D eigenvalue weighted by molar-refractivity contribution is 7.22. The molecular formula is C13H9ClF2N4O2S. The van der Waals surface area contributed by atoms with Gasteiger partial charge in [-0.1, -0.05) is 22.9 Å². The number of carbonyl (C=O) groups excluding carboxylic acids is 1. The second kappa shape index (κ2) is 6.09. The number of ether oxygens (including phenoxy) is 1. The Hall–Kier alpha value is -2.26. The lowest BCUT2D eigenvalue weighted by Gasteiger charge is -2.00. The molecule has 1 N–H and O–H groups in total. The van der Waals surface area contributed by atoms with Gasteiger partial charge in [-0.25, -0.2) is 9.67 Å². The molecule has 0 radical (unpaired) electrons. The van der Waals surface area contributed by atoms with Gasteiger partial charge in [-0.3, -0.25) is 10.1 Å². The van der Waals surface area contributed by atoms with E-state index in [0.29, 0.717) is 26.1 Å². The van der Waals surface area contributed by atoms with Gasteiger partial charge < -0.3 is 4.74 Å². The first kappa shape index (κ1) is 15.6. The van der Waals surface area contributed by atoms with Crippen LogP contribution in [0.25, 0.3) is 10.2 Å². The Morgan fingerprint density at radius 2 is 2.26 bits per heavy atom. The summed E-state index contributed by atoms with van der Waals surface area (Å²) in [4.78, 5) is 16.2. The zero-order valence-corrected chi connectivity index (χ0v) is 13.2. The monoisotopic (exact) mass is 358 g/mol. The molecule has 10 heteroatoms. The lowest BCUT2D eigenvalue weighted by atomic mass is 10.3. The Kier molecular flexibility index (Phi) is 4.14. The Labute approximate surface area is 137 Å². The van der Waals surface area contributed by atoms with Crippen LogP contribution in [0.3, 0.4) is 0 Å². The molecule has 1 amide bonds. The molecule has 3 aromatic rings. The quantitative estimate of drug-likeness (QED) is 0.770. The zero-order chi connectivity index (χ0) is 16.6. The standard InChI is InChI=1S/C13H9ClF2N4O2S/c1-22-9-5-10-8(4-6(9)14)17-13(23-10)18-11(21)7-2-3-20(19-7)12(15)16/h2-5,12H,1H3,(H,17,18,21). The average molecular weight is 359 g/mol. The molecule has 0 atom stereocenters. The zero-order valence-electron chi connectivity index (χ0n) is 11.6. The van der Waals surface area contributed by atoms with Crippen molar-refractivity contribution < 1.29 is 18.3 Å². The predicted molar refractivity (Wildman–Crippen MR) is 82.6 cm³/mol. The summed E-state index contributed by atoms with van der Waals surface area (Å²) >= 11 is 7.22. The number of anilines is 1. The van der Waals surface area contributed by atoms with Gasteiger partial charge in [-0.2, -0.15) is 13.9 Å². The van der Waals surface area contributed by atoms with Gasteiger partial charge in [0, 0.05) is 12.3 Å². The van der Waals surface area contributed by atoms with Crippen LogP contribution in [0.4, 0.5) is 13.9 Å². The number of thiazole rings is 1. The SMILES string of the molecule is COc1cc2sc(NC(=O)c3ccn(C(F)F)n3)nc2cc1Cl. The fourth-order valence-corrected chi connectivity index (χ4v) is 2.97. The first-order valence-electron chi connectivity index (χ1n) is 6.26. The minimum atomic E-state index is -2.80. The molecule has 0 saturated carbocycles. The van der Waals surface area contributed by atoms with E-state index in [1.807, 2.05) is 0 Å². The van der Waals surface area contributed by atoms with Crippen LogP contribution in [0.5, 0.6) is 5.75 Å². The molecule has 0 fully saturated rings. The second-order valence-electron chi connectivity index (χ2n) is 4.39. The van der Waals surface area contributed by atoms with E-state index < -0.39 is 12.5 Å². The van der Waals surface area contributed by atoms with Crippen molar-refractivity contribution in [2.75, 3.05) is 12.4 Å². The van der Waals surface area contributed by atoms with Gasteiger partial charge >= 0.3 is 6.55 Å². The molecule has 0 bridgehead atoms. The highest BCUT2D eigenvalue weighted by atomic mass is 35.5. The summed E-state index contributed by atoms with van der Waals surface area (Å²) < 4.78 is 31.2. The number of aromatic nitrogens is 3. The molecule has 23 heavy (non-hydrogen) atoms. The molecule has 0 aliphatic rings. The molecular weight excluding hydrogens is 350 g/mol. The lowest BCUT2D eigenvalue weighted by Crippen LogP contribution is -2.13. The average Bonchev–Trinajstić information content (AvgIpc) is 3.12. The van der Waals surface area contributed by atoms with Crippen molar-refractivity contribution in [3.05, 3.63) is 35.1 Å². The van der Waals surface area contributed by atoms with E-state index in [1.165, 1.54) is 24.5 Å². The van der Waals surface area contributed by atoms with Crippen molar-refractivity contribution in [3.8, 4) is 5.75 Å². The third-order valence-electron chi connectivity index (χ3n) is 2.92. The highest BCUT2D eigenvalue weighted by Gasteiger charge is 2.16. The number of benzene rings is 1. The van der Waals surface area contributed by atoms with Gasteiger partial charge in [0.05, 0.1) is 22.3 Å².